The molecular formula is C16H28O5. The molecule has 0 radical (unpaired) electrons. The first kappa shape index (κ1) is 16.7. The number of hydrogen-bond donors (Lipinski definition) is 2. The largest absolute Gasteiger partial charge is 0.462 e. The summed E-state index contributed by atoms with van der Waals surface area (Å²) in [5.74, 6) is -0.802. The highest BCUT2D eigenvalue weighted by Crippen LogP contribution is 2.62. The molecule has 122 valence electrons. The van der Waals surface area contributed by atoms with Crippen LogP contribution in [0.25, 0.3) is 0 Å². The average Bonchev–Trinajstić information content (AvgIpc) is 3.01. The van der Waals surface area contributed by atoms with Gasteiger partial charge in [-0.2, -0.15) is 0 Å². The fraction of sp³-hybridized carbons (Fsp3) is 0.938. The van der Waals surface area contributed by atoms with Gasteiger partial charge in [0.05, 0.1) is 12.0 Å². The topological polar surface area (TPSA) is 76.0 Å². The van der Waals surface area contributed by atoms with E-state index in [1.165, 1.54) is 6.42 Å². The molecule has 2 saturated carbocycles. The minimum absolute atomic E-state index is 0.0301. The van der Waals surface area contributed by atoms with E-state index in [0.717, 1.165) is 25.7 Å². The Balaban J connectivity index is 1.98. The van der Waals surface area contributed by atoms with Crippen LogP contribution in [-0.2, 0) is 14.4 Å². The summed E-state index contributed by atoms with van der Waals surface area (Å²) in [5, 5.41) is 19.3. The molecule has 0 spiro atoms. The van der Waals surface area contributed by atoms with Crippen LogP contribution in [0.5, 0.6) is 0 Å². The molecule has 2 aliphatic carbocycles. The van der Waals surface area contributed by atoms with Crippen molar-refractivity contribution in [1.29, 1.82) is 0 Å². The maximum Gasteiger partial charge on any atom is 0.310 e. The summed E-state index contributed by atoms with van der Waals surface area (Å²) in [7, 11) is 0. The molecule has 21 heavy (non-hydrogen) atoms. The lowest BCUT2D eigenvalue weighted by molar-refractivity contribution is -0.336. The highest BCUT2D eigenvalue weighted by atomic mass is 17.1. The Kier molecular flexibility index (Phi) is 4.66. The van der Waals surface area contributed by atoms with Crippen LogP contribution in [0.1, 0.15) is 59.8 Å². The van der Waals surface area contributed by atoms with E-state index in [1.807, 2.05) is 13.8 Å². The average molecular weight is 300 g/mol. The summed E-state index contributed by atoms with van der Waals surface area (Å²) in [4.78, 5) is 16.8. The van der Waals surface area contributed by atoms with Crippen molar-refractivity contribution in [2.75, 3.05) is 0 Å². The first-order chi connectivity index (χ1) is 9.71. The molecule has 0 amide bonds. The minimum atomic E-state index is -1.10. The van der Waals surface area contributed by atoms with Gasteiger partial charge in [0, 0.05) is 5.92 Å². The van der Waals surface area contributed by atoms with Crippen molar-refractivity contribution in [1.82, 2.24) is 0 Å². The second kappa shape index (κ2) is 5.86. The van der Waals surface area contributed by atoms with Crippen molar-refractivity contribution in [3.63, 3.8) is 0 Å². The van der Waals surface area contributed by atoms with Crippen LogP contribution in [0.15, 0.2) is 0 Å². The predicted molar refractivity (Wildman–Crippen MR) is 77.5 cm³/mol. The van der Waals surface area contributed by atoms with Crippen molar-refractivity contribution in [2.24, 2.45) is 17.3 Å². The van der Waals surface area contributed by atoms with Crippen molar-refractivity contribution in [2.45, 2.75) is 77.6 Å². The smallest absolute Gasteiger partial charge is 0.310 e. The van der Waals surface area contributed by atoms with E-state index in [9.17, 15) is 9.90 Å². The Bertz CT molecular complexity index is 384. The minimum Gasteiger partial charge on any atom is -0.462 e. The van der Waals surface area contributed by atoms with Crippen LogP contribution in [-0.4, -0.2) is 34.1 Å². The SMILES string of the molecule is CC(C)(OO)C(O)C1C(C(=O)OC2CCCCC2)C1(C)C. The van der Waals surface area contributed by atoms with Crippen molar-refractivity contribution < 1.29 is 24.8 Å². The zero-order chi connectivity index (χ0) is 15.8. The van der Waals surface area contributed by atoms with Crippen LogP contribution >= 0.6 is 0 Å². The zero-order valence-electron chi connectivity index (χ0n) is 13.5. The quantitative estimate of drug-likeness (QED) is 0.464. The van der Waals surface area contributed by atoms with Crippen LogP contribution in [0.2, 0.25) is 0 Å². The van der Waals surface area contributed by atoms with Gasteiger partial charge in [-0.15, -0.1) is 0 Å². The third kappa shape index (κ3) is 3.25. The highest BCUT2D eigenvalue weighted by Gasteiger charge is 2.67. The van der Waals surface area contributed by atoms with Gasteiger partial charge in [-0.3, -0.25) is 10.1 Å². The molecule has 2 N–H and O–H groups in total. The molecule has 2 rings (SSSR count). The van der Waals surface area contributed by atoms with Gasteiger partial charge in [-0.1, -0.05) is 20.3 Å². The van der Waals surface area contributed by atoms with Gasteiger partial charge >= 0.3 is 5.97 Å². The molecule has 0 aliphatic heterocycles. The van der Waals surface area contributed by atoms with Gasteiger partial charge in [-0.25, -0.2) is 4.89 Å². The van der Waals surface area contributed by atoms with E-state index < -0.39 is 11.7 Å². The first-order valence-electron chi connectivity index (χ1n) is 7.93. The third-order valence-corrected chi connectivity index (χ3v) is 5.29. The Morgan fingerprint density at radius 2 is 1.81 bits per heavy atom. The Morgan fingerprint density at radius 1 is 1.24 bits per heavy atom. The molecular weight excluding hydrogens is 272 g/mol. The molecule has 0 aromatic heterocycles. The van der Waals surface area contributed by atoms with E-state index in [2.05, 4.69) is 4.89 Å². The van der Waals surface area contributed by atoms with Crippen LogP contribution in [0.3, 0.4) is 0 Å². The Hall–Kier alpha value is -0.650. The van der Waals surface area contributed by atoms with Gasteiger partial charge in [0.2, 0.25) is 0 Å². The number of aliphatic hydroxyl groups is 1. The van der Waals surface area contributed by atoms with Gasteiger partial charge in [-0.05, 0) is 44.9 Å². The summed E-state index contributed by atoms with van der Waals surface area (Å²) in [6, 6.07) is 0. The third-order valence-electron chi connectivity index (χ3n) is 5.29. The second-order valence-electron chi connectivity index (χ2n) is 7.66. The van der Waals surface area contributed by atoms with Gasteiger partial charge in [0.1, 0.15) is 11.7 Å². The second-order valence-corrected chi connectivity index (χ2v) is 7.66. The van der Waals surface area contributed by atoms with Gasteiger partial charge in [0.15, 0.2) is 0 Å². The molecule has 2 fully saturated rings. The summed E-state index contributed by atoms with van der Waals surface area (Å²) in [5.41, 5.74) is -1.43. The molecule has 0 bridgehead atoms. The first-order valence-corrected chi connectivity index (χ1v) is 7.93. The van der Waals surface area contributed by atoms with Crippen LogP contribution in [0, 0.1) is 17.3 Å². The number of aliphatic hydroxyl groups excluding tert-OH is 1. The molecule has 0 aromatic rings. The number of carbonyl (C=O) groups is 1. The lowest BCUT2D eigenvalue weighted by Crippen LogP contribution is -2.41. The monoisotopic (exact) mass is 300 g/mol. The number of esters is 1. The molecule has 0 heterocycles. The van der Waals surface area contributed by atoms with Crippen molar-refractivity contribution >= 4 is 5.97 Å². The van der Waals surface area contributed by atoms with E-state index >= 15 is 0 Å². The Morgan fingerprint density at radius 3 is 2.33 bits per heavy atom. The maximum atomic E-state index is 12.4. The van der Waals surface area contributed by atoms with Crippen LogP contribution < -0.4 is 0 Å². The van der Waals surface area contributed by atoms with E-state index in [1.54, 1.807) is 13.8 Å². The van der Waals surface area contributed by atoms with Gasteiger partial charge in [0.25, 0.3) is 0 Å². The number of carbonyl (C=O) groups excluding carboxylic acids is 1. The number of ether oxygens (including phenoxy) is 1. The fourth-order valence-electron chi connectivity index (χ4n) is 3.62. The standard InChI is InChI=1S/C16H28O5/c1-15(2)11(13(17)16(3,4)21-19)12(15)14(18)20-10-8-6-5-7-9-10/h10-13,17,19H,5-9H2,1-4H3. The molecule has 3 unspecified atom stereocenters. The van der Waals surface area contributed by atoms with Crippen molar-refractivity contribution in [3.8, 4) is 0 Å². The maximum absolute atomic E-state index is 12.4. The highest BCUT2D eigenvalue weighted by molar-refractivity contribution is 5.78. The molecule has 0 saturated heterocycles. The number of rotatable bonds is 5. The Labute approximate surface area is 126 Å². The fourth-order valence-corrected chi connectivity index (χ4v) is 3.62. The summed E-state index contributed by atoms with van der Waals surface area (Å²) in [6.07, 6.45) is 4.44. The summed E-state index contributed by atoms with van der Waals surface area (Å²) < 4.78 is 5.62. The van der Waals surface area contributed by atoms with E-state index in [-0.39, 0.29) is 29.3 Å². The van der Waals surface area contributed by atoms with Gasteiger partial charge < -0.3 is 9.84 Å². The zero-order valence-corrected chi connectivity index (χ0v) is 13.5. The van der Waals surface area contributed by atoms with E-state index in [0.29, 0.717) is 0 Å². The lowest BCUT2D eigenvalue weighted by Gasteiger charge is -2.28. The van der Waals surface area contributed by atoms with Crippen molar-refractivity contribution in [3.05, 3.63) is 0 Å². The predicted octanol–water partition coefficient (Wildman–Crippen LogP) is 2.76. The number of hydrogen-bond acceptors (Lipinski definition) is 5. The molecule has 5 heteroatoms. The molecule has 5 nitrogen and oxygen atoms in total. The molecule has 3 atom stereocenters. The summed E-state index contributed by atoms with van der Waals surface area (Å²) >= 11 is 0. The summed E-state index contributed by atoms with van der Waals surface area (Å²) in [6.45, 7) is 7.10. The lowest BCUT2D eigenvalue weighted by atomic mass is 9.93. The van der Waals surface area contributed by atoms with Crippen LogP contribution in [0.4, 0.5) is 0 Å². The molecule has 2 aliphatic rings. The molecule has 0 aromatic carbocycles. The normalized spacial score (nSPS) is 30.8. The van der Waals surface area contributed by atoms with E-state index in [4.69, 9.17) is 9.99 Å².